The van der Waals surface area contributed by atoms with Crippen molar-refractivity contribution in [2.75, 3.05) is 6.54 Å². The number of halogens is 1. The topological polar surface area (TPSA) is 62.2 Å². The smallest absolute Gasteiger partial charge is 0.254 e. The zero-order valence-corrected chi connectivity index (χ0v) is 11.1. The molecule has 0 aliphatic carbocycles. The maximum Gasteiger partial charge on any atom is 0.254 e. The lowest BCUT2D eigenvalue weighted by Gasteiger charge is -2.22. The number of rotatable bonds is 4. The van der Waals surface area contributed by atoms with Gasteiger partial charge in [-0.1, -0.05) is 6.07 Å². The van der Waals surface area contributed by atoms with Crippen LogP contribution in [0, 0.1) is 5.82 Å². The minimum absolute atomic E-state index is 0.00805. The Morgan fingerprint density at radius 1 is 1.58 bits per heavy atom. The summed E-state index contributed by atoms with van der Waals surface area (Å²) in [5.74, 6) is -1.26. The van der Waals surface area contributed by atoms with Gasteiger partial charge in [-0.3, -0.25) is 9.78 Å². The van der Waals surface area contributed by atoms with Crippen molar-refractivity contribution in [2.24, 2.45) is 0 Å². The van der Waals surface area contributed by atoms with Crippen LogP contribution < -0.4 is 5.32 Å². The summed E-state index contributed by atoms with van der Waals surface area (Å²) in [7, 11) is 0. The molecule has 0 aliphatic heterocycles. The second-order valence-corrected chi connectivity index (χ2v) is 5.24. The van der Waals surface area contributed by atoms with Gasteiger partial charge in [0.2, 0.25) is 0 Å². The van der Waals surface area contributed by atoms with Gasteiger partial charge in [0.15, 0.2) is 5.82 Å². The van der Waals surface area contributed by atoms with E-state index in [1.54, 1.807) is 13.0 Å². The van der Waals surface area contributed by atoms with Crippen LogP contribution in [0.4, 0.5) is 4.39 Å². The maximum absolute atomic E-state index is 13.3. The first-order chi connectivity index (χ1) is 9.00. The van der Waals surface area contributed by atoms with Crippen molar-refractivity contribution in [1.29, 1.82) is 0 Å². The van der Waals surface area contributed by atoms with E-state index in [0.29, 0.717) is 0 Å². The second kappa shape index (κ2) is 5.46. The Kier molecular flexibility index (Phi) is 3.92. The fourth-order valence-corrected chi connectivity index (χ4v) is 2.37. The van der Waals surface area contributed by atoms with Gasteiger partial charge in [0.1, 0.15) is 5.60 Å². The summed E-state index contributed by atoms with van der Waals surface area (Å²) in [5, 5.41) is 14.6. The molecule has 0 saturated heterocycles. The van der Waals surface area contributed by atoms with Crippen LogP contribution in [0.5, 0.6) is 0 Å². The van der Waals surface area contributed by atoms with Crippen molar-refractivity contribution in [3.63, 3.8) is 0 Å². The zero-order chi connectivity index (χ0) is 13.9. The molecule has 2 heterocycles. The first kappa shape index (κ1) is 13.6. The number of hydrogen-bond acceptors (Lipinski definition) is 4. The van der Waals surface area contributed by atoms with Crippen molar-refractivity contribution in [3.8, 4) is 0 Å². The molecule has 0 radical (unpaired) electrons. The van der Waals surface area contributed by atoms with Crippen LogP contribution >= 0.6 is 11.3 Å². The van der Waals surface area contributed by atoms with Gasteiger partial charge < -0.3 is 10.4 Å². The summed E-state index contributed by atoms with van der Waals surface area (Å²) < 4.78 is 13.3. The number of carbonyl (C=O) groups excluding carboxylic acids is 1. The fourth-order valence-electron chi connectivity index (χ4n) is 1.58. The molecule has 2 aromatic heterocycles. The lowest BCUT2D eigenvalue weighted by atomic mass is 10.1. The largest absolute Gasteiger partial charge is 0.383 e. The summed E-state index contributed by atoms with van der Waals surface area (Å²) in [6.07, 6.45) is 2.32. The van der Waals surface area contributed by atoms with E-state index in [1.807, 2.05) is 11.4 Å². The Bertz CT molecular complexity index is 570. The molecule has 4 nitrogen and oxygen atoms in total. The van der Waals surface area contributed by atoms with Crippen molar-refractivity contribution < 1.29 is 14.3 Å². The van der Waals surface area contributed by atoms with Crippen LogP contribution in [0.25, 0.3) is 0 Å². The standard InChI is InChI=1S/C13H13FN2O2S/c1-13(18,11-3-2-6-19-11)8-16-12(17)9-4-5-15-7-10(9)14/h2-7,18H,8H2,1H3,(H,16,17). The van der Waals surface area contributed by atoms with E-state index in [2.05, 4.69) is 10.3 Å². The van der Waals surface area contributed by atoms with E-state index in [-0.39, 0.29) is 12.1 Å². The van der Waals surface area contributed by atoms with Crippen molar-refractivity contribution in [3.05, 3.63) is 52.2 Å². The summed E-state index contributed by atoms with van der Waals surface area (Å²) in [4.78, 5) is 16.1. The average molecular weight is 280 g/mol. The fraction of sp³-hybridized carbons (Fsp3) is 0.231. The van der Waals surface area contributed by atoms with Gasteiger partial charge in [-0.2, -0.15) is 0 Å². The highest BCUT2D eigenvalue weighted by molar-refractivity contribution is 7.10. The highest BCUT2D eigenvalue weighted by Crippen LogP contribution is 2.24. The number of aromatic nitrogens is 1. The van der Waals surface area contributed by atoms with Gasteiger partial charge in [0.25, 0.3) is 5.91 Å². The first-order valence-corrected chi connectivity index (χ1v) is 6.53. The third kappa shape index (κ3) is 3.15. The molecule has 2 aromatic rings. The van der Waals surface area contributed by atoms with Gasteiger partial charge in [0.05, 0.1) is 18.3 Å². The van der Waals surface area contributed by atoms with Crippen LogP contribution in [-0.2, 0) is 5.60 Å². The SMILES string of the molecule is CC(O)(CNC(=O)c1ccncc1F)c1cccs1. The van der Waals surface area contributed by atoms with Crippen LogP contribution in [0.2, 0.25) is 0 Å². The number of aliphatic hydroxyl groups is 1. The number of hydrogen-bond donors (Lipinski definition) is 2. The van der Waals surface area contributed by atoms with Crippen molar-refractivity contribution >= 4 is 17.2 Å². The van der Waals surface area contributed by atoms with E-state index >= 15 is 0 Å². The molecule has 1 atom stereocenters. The lowest BCUT2D eigenvalue weighted by Crippen LogP contribution is -2.38. The third-order valence-corrected chi connectivity index (χ3v) is 3.79. The first-order valence-electron chi connectivity index (χ1n) is 5.65. The normalized spacial score (nSPS) is 13.8. The van der Waals surface area contributed by atoms with E-state index in [0.717, 1.165) is 11.1 Å². The molecule has 0 bridgehead atoms. The van der Waals surface area contributed by atoms with Crippen LogP contribution in [0.15, 0.2) is 36.0 Å². The molecule has 1 amide bonds. The Hall–Kier alpha value is -1.79. The minimum Gasteiger partial charge on any atom is -0.383 e. The van der Waals surface area contributed by atoms with E-state index < -0.39 is 17.3 Å². The molecule has 2 N–H and O–H groups in total. The molecule has 0 aliphatic rings. The quantitative estimate of drug-likeness (QED) is 0.899. The lowest BCUT2D eigenvalue weighted by molar-refractivity contribution is 0.0555. The third-order valence-electron chi connectivity index (χ3n) is 2.66. The van der Waals surface area contributed by atoms with Gasteiger partial charge in [-0.15, -0.1) is 11.3 Å². The van der Waals surface area contributed by atoms with E-state index in [9.17, 15) is 14.3 Å². The molecular weight excluding hydrogens is 267 g/mol. The molecule has 0 saturated carbocycles. The molecule has 100 valence electrons. The number of amides is 1. The summed E-state index contributed by atoms with van der Waals surface area (Å²) in [6.45, 7) is 1.61. The molecule has 2 rings (SSSR count). The summed E-state index contributed by atoms with van der Waals surface area (Å²) in [6, 6.07) is 4.90. The Labute approximate surface area is 113 Å². The van der Waals surface area contributed by atoms with E-state index in [4.69, 9.17) is 0 Å². The highest BCUT2D eigenvalue weighted by Gasteiger charge is 2.25. The Morgan fingerprint density at radius 3 is 3.00 bits per heavy atom. The van der Waals surface area contributed by atoms with Gasteiger partial charge in [-0.25, -0.2) is 4.39 Å². The number of carbonyl (C=O) groups is 1. The number of nitrogens with zero attached hydrogens (tertiary/aromatic N) is 1. The highest BCUT2D eigenvalue weighted by atomic mass is 32.1. The molecule has 6 heteroatoms. The van der Waals surface area contributed by atoms with Crippen LogP contribution in [0.1, 0.15) is 22.2 Å². The number of nitrogens with one attached hydrogen (secondary N) is 1. The van der Waals surface area contributed by atoms with Crippen molar-refractivity contribution in [2.45, 2.75) is 12.5 Å². The maximum atomic E-state index is 13.3. The minimum atomic E-state index is -1.17. The number of pyridine rings is 1. The Balaban J connectivity index is 2.03. The van der Waals surface area contributed by atoms with E-state index in [1.165, 1.54) is 23.6 Å². The van der Waals surface area contributed by atoms with Crippen LogP contribution in [-0.4, -0.2) is 22.5 Å². The molecular formula is C13H13FN2O2S. The molecule has 19 heavy (non-hydrogen) atoms. The predicted octanol–water partition coefficient (Wildman–Crippen LogP) is 1.92. The molecule has 0 aromatic carbocycles. The Morgan fingerprint density at radius 2 is 2.37 bits per heavy atom. The zero-order valence-electron chi connectivity index (χ0n) is 10.3. The molecule has 1 unspecified atom stereocenters. The van der Waals surface area contributed by atoms with Gasteiger partial charge in [0, 0.05) is 11.1 Å². The molecule has 0 spiro atoms. The monoisotopic (exact) mass is 280 g/mol. The number of thiophene rings is 1. The average Bonchev–Trinajstić information content (AvgIpc) is 2.91. The van der Waals surface area contributed by atoms with Crippen LogP contribution in [0.3, 0.4) is 0 Å². The second-order valence-electron chi connectivity index (χ2n) is 4.29. The molecule has 0 fully saturated rings. The van der Waals surface area contributed by atoms with Gasteiger partial charge >= 0.3 is 0 Å². The van der Waals surface area contributed by atoms with Gasteiger partial charge in [-0.05, 0) is 24.4 Å². The summed E-state index contributed by atoms with van der Waals surface area (Å²) in [5.41, 5.74) is -1.26. The predicted molar refractivity (Wildman–Crippen MR) is 70.4 cm³/mol. The van der Waals surface area contributed by atoms with Crippen molar-refractivity contribution in [1.82, 2.24) is 10.3 Å². The summed E-state index contributed by atoms with van der Waals surface area (Å²) >= 11 is 1.40.